The quantitative estimate of drug-likeness (QED) is 0.0493. The molecule has 13 heteroatoms. The Kier molecular flexibility index (Phi) is 16.2. The molecule has 0 spiro atoms. The van der Waals surface area contributed by atoms with Crippen molar-refractivity contribution in [2.45, 2.75) is 109 Å². The van der Waals surface area contributed by atoms with Gasteiger partial charge in [0.2, 0.25) is 12.1 Å². The zero-order valence-electron chi connectivity index (χ0n) is 36.5. The molecule has 4 aliphatic rings. The summed E-state index contributed by atoms with van der Waals surface area (Å²) in [7, 11) is 0. The Morgan fingerprint density at radius 3 is 2.48 bits per heavy atom. The highest BCUT2D eigenvalue weighted by molar-refractivity contribution is 6.18. The van der Waals surface area contributed by atoms with Gasteiger partial charge in [0.05, 0.1) is 30.7 Å². The van der Waals surface area contributed by atoms with Crippen molar-refractivity contribution >= 4 is 23.4 Å². The third-order valence-corrected chi connectivity index (χ3v) is 13.1. The molecule has 3 aromatic rings. The Labute approximate surface area is 375 Å². The standard InChI is InChI=1S/C50H62ClFN2O9/c1-4-25-60-50-45(54(49(57)59-27-22-51)32-35-15-17-37(52)18-16-35)31-43(53-63-46-13-7-10-26-58-46)41-29-36(11-5-8-23-55)40(12-6-9-24-56)47(48(41)50)42-30-39(20-21-44(42)62-50)61-38-19-14-33(2)34(3)28-38/h4,14-21,28-30,36,40,45-48,55-56H,1,5-13,22-27,31-32H2,2-3H3. The normalized spacial score (nSPS) is 25.6. The van der Waals surface area contributed by atoms with Crippen molar-refractivity contribution in [2.75, 3.05) is 38.9 Å². The molecular formula is C50H62ClFN2O9. The lowest BCUT2D eigenvalue weighted by Gasteiger charge is -2.59. The molecule has 2 fully saturated rings. The molecule has 340 valence electrons. The van der Waals surface area contributed by atoms with E-state index >= 15 is 0 Å². The number of carbonyl (C=O) groups excluding carboxylic acids is 1. The molecule has 0 aromatic heterocycles. The summed E-state index contributed by atoms with van der Waals surface area (Å²) >= 11 is 6.09. The maximum Gasteiger partial charge on any atom is 0.410 e. The van der Waals surface area contributed by atoms with Crippen LogP contribution >= 0.6 is 11.6 Å². The predicted molar refractivity (Wildman–Crippen MR) is 240 cm³/mol. The largest absolute Gasteiger partial charge is 0.459 e. The van der Waals surface area contributed by atoms with E-state index in [2.05, 4.69) is 32.6 Å². The Morgan fingerprint density at radius 1 is 1.00 bits per heavy atom. The molecular weight excluding hydrogens is 827 g/mol. The second-order valence-electron chi connectivity index (χ2n) is 17.1. The van der Waals surface area contributed by atoms with Gasteiger partial charge in [0.15, 0.2) is 0 Å². The summed E-state index contributed by atoms with van der Waals surface area (Å²) in [6.45, 7) is 8.96. The van der Waals surface area contributed by atoms with Gasteiger partial charge in [-0.25, -0.2) is 9.18 Å². The number of nitrogens with zero attached hydrogens (tertiary/aromatic N) is 2. The van der Waals surface area contributed by atoms with E-state index in [4.69, 9.17) is 45.3 Å². The fourth-order valence-electron chi connectivity index (χ4n) is 9.84. The molecule has 3 aromatic carbocycles. The number of benzene rings is 3. The van der Waals surface area contributed by atoms with Crippen molar-refractivity contribution in [3.63, 3.8) is 0 Å². The van der Waals surface area contributed by atoms with Gasteiger partial charge in [0, 0.05) is 44.1 Å². The fraction of sp³-hybridized carbons (Fsp3) is 0.520. The van der Waals surface area contributed by atoms with Crippen molar-refractivity contribution in [1.29, 1.82) is 0 Å². The molecule has 0 radical (unpaired) electrons. The van der Waals surface area contributed by atoms with Crippen LogP contribution in [0.3, 0.4) is 0 Å². The number of oxime groups is 1. The van der Waals surface area contributed by atoms with Crippen LogP contribution in [-0.2, 0) is 25.6 Å². The second kappa shape index (κ2) is 22.0. The lowest BCUT2D eigenvalue weighted by Crippen LogP contribution is -2.70. The fourth-order valence-corrected chi connectivity index (χ4v) is 9.92. The van der Waals surface area contributed by atoms with Gasteiger partial charge in [-0.1, -0.05) is 48.3 Å². The number of ether oxygens (including phenoxy) is 5. The van der Waals surface area contributed by atoms with E-state index in [-0.39, 0.29) is 63.0 Å². The van der Waals surface area contributed by atoms with Crippen molar-refractivity contribution in [1.82, 2.24) is 4.90 Å². The van der Waals surface area contributed by atoms with E-state index in [0.29, 0.717) is 54.4 Å². The first kappa shape index (κ1) is 46.5. The average molecular weight is 890 g/mol. The maximum absolute atomic E-state index is 14.5. The first-order valence-electron chi connectivity index (χ1n) is 22.5. The van der Waals surface area contributed by atoms with Crippen LogP contribution in [0.2, 0.25) is 0 Å². The molecule has 2 heterocycles. The van der Waals surface area contributed by atoms with Crippen molar-refractivity contribution in [3.05, 3.63) is 113 Å². The first-order valence-corrected chi connectivity index (χ1v) is 23.1. The minimum Gasteiger partial charge on any atom is -0.459 e. The van der Waals surface area contributed by atoms with Gasteiger partial charge in [-0.15, -0.1) is 18.2 Å². The van der Waals surface area contributed by atoms with Gasteiger partial charge >= 0.3 is 6.09 Å². The highest BCUT2D eigenvalue weighted by atomic mass is 35.5. The van der Waals surface area contributed by atoms with Crippen LogP contribution in [-0.4, -0.2) is 84.0 Å². The van der Waals surface area contributed by atoms with Crippen LogP contribution in [0.25, 0.3) is 0 Å². The van der Waals surface area contributed by atoms with Crippen molar-refractivity contribution in [2.24, 2.45) is 22.9 Å². The number of rotatable bonds is 20. The summed E-state index contributed by atoms with van der Waals surface area (Å²) in [4.78, 5) is 22.4. The minimum atomic E-state index is -1.53. The molecule has 2 N–H and O–H groups in total. The highest BCUT2D eigenvalue weighted by Crippen LogP contribution is 2.62. The van der Waals surface area contributed by atoms with E-state index in [1.807, 2.05) is 30.3 Å². The van der Waals surface area contributed by atoms with E-state index in [1.165, 1.54) is 17.7 Å². The summed E-state index contributed by atoms with van der Waals surface area (Å²) < 4.78 is 47.1. The van der Waals surface area contributed by atoms with Crippen LogP contribution in [0.4, 0.5) is 9.18 Å². The summed E-state index contributed by atoms with van der Waals surface area (Å²) in [6.07, 6.45) is 9.97. The number of aliphatic hydroxyl groups is 2. The third kappa shape index (κ3) is 10.7. The monoisotopic (exact) mass is 888 g/mol. The van der Waals surface area contributed by atoms with Gasteiger partial charge in [0.25, 0.3) is 0 Å². The Balaban J connectivity index is 1.45. The topological polar surface area (TPSA) is 129 Å². The van der Waals surface area contributed by atoms with Crippen LogP contribution in [0.15, 0.2) is 90.1 Å². The molecule has 1 saturated heterocycles. The molecule has 2 aliphatic heterocycles. The number of carbonyl (C=O) groups is 1. The van der Waals surface area contributed by atoms with E-state index in [0.717, 1.165) is 55.2 Å². The summed E-state index contributed by atoms with van der Waals surface area (Å²) in [5, 5.41) is 24.9. The molecule has 1 amide bonds. The number of aliphatic hydroxyl groups excluding tert-OH is 2. The van der Waals surface area contributed by atoms with Gasteiger partial charge in [-0.2, -0.15) is 0 Å². The van der Waals surface area contributed by atoms with Gasteiger partial charge in [-0.05, 0) is 129 Å². The summed E-state index contributed by atoms with van der Waals surface area (Å²) in [5.41, 5.74) is 5.40. The van der Waals surface area contributed by atoms with E-state index in [1.54, 1.807) is 23.1 Å². The van der Waals surface area contributed by atoms with E-state index in [9.17, 15) is 19.4 Å². The third-order valence-electron chi connectivity index (χ3n) is 13.0. The number of amides is 1. The number of hydrogen-bond donors (Lipinski definition) is 2. The SMILES string of the molecule is C=CCOC12Oc3ccc(Oc4ccc(C)c(C)c4)cc3C3C(CCCCO)C(CCCCO)C=C(C(=NOC4CCCCO4)CC1N(Cc1ccc(F)cc1)C(=O)OCCCl)C32. The number of hydrogen-bond acceptors (Lipinski definition) is 10. The summed E-state index contributed by atoms with van der Waals surface area (Å²) in [5.74, 6) is -0.685. The van der Waals surface area contributed by atoms with E-state index < -0.39 is 35.9 Å². The van der Waals surface area contributed by atoms with Gasteiger partial charge < -0.3 is 38.7 Å². The Morgan fingerprint density at radius 2 is 1.76 bits per heavy atom. The Bertz CT molecular complexity index is 2070. The van der Waals surface area contributed by atoms with Crippen molar-refractivity contribution in [3.8, 4) is 17.2 Å². The number of halogens is 2. The average Bonchev–Trinajstić information content (AvgIpc) is 3.29. The molecule has 1 saturated carbocycles. The van der Waals surface area contributed by atoms with Gasteiger partial charge in [0.1, 0.15) is 35.7 Å². The highest BCUT2D eigenvalue weighted by Gasteiger charge is 2.65. The zero-order chi connectivity index (χ0) is 44.3. The van der Waals surface area contributed by atoms with Crippen LogP contribution < -0.4 is 9.47 Å². The molecule has 2 aliphatic carbocycles. The molecule has 7 atom stereocenters. The second-order valence-corrected chi connectivity index (χ2v) is 17.5. The first-order chi connectivity index (χ1) is 30.7. The predicted octanol–water partition coefficient (Wildman–Crippen LogP) is 10.3. The smallest absolute Gasteiger partial charge is 0.410 e. The lowest BCUT2D eigenvalue weighted by atomic mass is 9.55. The molecule has 7 unspecified atom stereocenters. The minimum absolute atomic E-state index is 0.00608. The molecule has 63 heavy (non-hydrogen) atoms. The molecule has 11 nitrogen and oxygen atoms in total. The lowest BCUT2D eigenvalue weighted by molar-refractivity contribution is -0.256. The molecule has 0 bridgehead atoms. The maximum atomic E-state index is 14.5. The summed E-state index contributed by atoms with van der Waals surface area (Å²) in [6, 6.07) is 17.1. The van der Waals surface area contributed by atoms with Gasteiger partial charge in [-0.3, -0.25) is 4.90 Å². The molecule has 7 rings (SSSR count). The number of aryl methyl sites for hydroxylation is 2. The van der Waals surface area contributed by atoms with Crippen LogP contribution in [0.1, 0.15) is 92.4 Å². The number of unbranched alkanes of at least 4 members (excludes halogenated alkanes) is 2. The zero-order valence-corrected chi connectivity index (χ0v) is 37.3. The number of allylic oxidation sites excluding steroid dienone is 1. The Hall–Kier alpha value is -4.46. The van der Waals surface area contributed by atoms with Crippen LogP contribution in [0, 0.1) is 37.4 Å². The number of fused-ring (bicyclic) bond motifs is 2. The van der Waals surface area contributed by atoms with Crippen LogP contribution in [0.5, 0.6) is 17.2 Å². The number of alkyl halides is 1. The van der Waals surface area contributed by atoms with Crippen molar-refractivity contribution < 1.29 is 47.9 Å².